The fourth-order valence-electron chi connectivity index (χ4n) is 6.48. The molecule has 2 heterocycles. The highest BCUT2D eigenvalue weighted by Gasteiger charge is 2.55. The van der Waals surface area contributed by atoms with Gasteiger partial charge in [-0.05, 0) is 62.7 Å². The molecule has 1 aliphatic heterocycles. The Kier molecular flexibility index (Phi) is 3.64. The Balaban J connectivity index is 1.22. The number of nitrogens with zero attached hydrogens (tertiary/aromatic N) is 3. The summed E-state index contributed by atoms with van der Waals surface area (Å²) < 4.78 is 26.4. The van der Waals surface area contributed by atoms with Gasteiger partial charge in [0.2, 0.25) is 5.95 Å². The van der Waals surface area contributed by atoms with Crippen LogP contribution in [0.4, 0.5) is 14.7 Å². The maximum absolute atomic E-state index is 13.2. The van der Waals surface area contributed by atoms with Crippen LogP contribution >= 0.6 is 0 Å². The molecule has 0 aromatic carbocycles. The summed E-state index contributed by atoms with van der Waals surface area (Å²) in [5.41, 5.74) is 0.655. The molecule has 5 saturated carbocycles. The minimum Gasteiger partial charge on any atom is -0.390 e. The molecule has 7 rings (SSSR count). The van der Waals surface area contributed by atoms with Gasteiger partial charge in [-0.1, -0.05) is 0 Å². The highest BCUT2D eigenvalue weighted by Crippen LogP contribution is 2.55. The van der Waals surface area contributed by atoms with E-state index >= 15 is 0 Å². The number of carbonyl (C=O) groups is 1. The van der Waals surface area contributed by atoms with Crippen molar-refractivity contribution < 1.29 is 18.7 Å². The predicted molar refractivity (Wildman–Crippen MR) is 101 cm³/mol. The number of alkyl halides is 2. The maximum Gasteiger partial charge on any atom is 0.282 e. The molecule has 1 amide bonds. The number of aromatic nitrogens is 2. The second-order valence-electron chi connectivity index (χ2n) is 10.1. The third-order valence-corrected chi connectivity index (χ3v) is 7.68. The molecule has 6 aliphatic rings. The van der Waals surface area contributed by atoms with Crippen LogP contribution in [0.5, 0.6) is 0 Å². The minimum absolute atomic E-state index is 0.0973. The van der Waals surface area contributed by atoms with Gasteiger partial charge in [0, 0.05) is 18.2 Å². The smallest absolute Gasteiger partial charge is 0.282 e. The summed E-state index contributed by atoms with van der Waals surface area (Å²) in [5, 5.41) is 14.0. The average Bonchev–Trinajstić information content (AvgIpc) is 3.46. The largest absolute Gasteiger partial charge is 0.390 e. The zero-order chi connectivity index (χ0) is 20.0. The zero-order valence-electron chi connectivity index (χ0n) is 16.3. The summed E-state index contributed by atoms with van der Waals surface area (Å²) in [5.74, 6) is -1.06. The first-order valence-corrected chi connectivity index (χ1v) is 10.8. The van der Waals surface area contributed by atoms with E-state index in [0.29, 0.717) is 35.0 Å². The summed E-state index contributed by atoms with van der Waals surface area (Å²) in [4.78, 5) is 23.4. The predicted octanol–water partition coefficient (Wildman–Crippen LogP) is 2.48. The lowest BCUT2D eigenvalue weighted by molar-refractivity contribution is -0.136. The molecule has 4 bridgehead atoms. The van der Waals surface area contributed by atoms with Crippen molar-refractivity contribution in [2.24, 2.45) is 17.8 Å². The number of carbonyl (C=O) groups excluding carboxylic acids is 1. The first kappa shape index (κ1) is 18.0. The second kappa shape index (κ2) is 5.86. The van der Waals surface area contributed by atoms with Crippen molar-refractivity contribution in [3.05, 3.63) is 17.5 Å². The lowest BCUT2D eigenvalue weighted by Gasteiger charge is -2.58. The van der Waals surface area contributed by atoms with Crippen LogP contribution in [-0.4, -0.2) is 51.6 Å². The van der Waals surface area contributed by atoms with Gasteiger partial charge in [-0.25, -0.2) is 18.7 Å². The van der Waals surface area contributed by atoms with E-state index in [1.165, 1.54) is 11.1 Å². The normalized spacial score (nSPS) is 39.3. The molecule has 2 atom stereocenters. The quantitative estimate of drug-likeness (QED) is 0.806. The highest BCUT2D eigenvalue weighted by molar-refractivity contribution is 5.95. The van der Waals surface area contributed by atoms with Gasteiger partial charge in [0.25, 0.3) is 11.8 Å². The van der Waals surface area contributed by atoms with Crippen LogP contribution in [0.25, 0.3) is 0 Å². The minimum atomic E-state index is -2.68. The van der Waals surface area contributed by atoms with Gasteiger partial charge < -0.3 is 15.3 Å². The molecule has 0 spiro atoms. The standard InChI is InChI=1S/C21H26F2N4O2/c22-21(23)9-27(10-21)19-24-8-15(17(26-19)12-1-2-12)18(28)25-16-13-3-11-4-14(16)7-20(29,5-11)6-13/h8,11-14,16,29H,1-7,9-10H2,(H,25,28)/t11?,13?,14?,16-,20+. The van der Waals surface area contributed by atoms with Crippen LogP contribution in [-0.2, 0) is 0 Å². The lowest BCUT2D eigenvalue weighted by atomic mass is 9.52. The molecule has 156 valence electrons. The van der Waals surface area contributed by atoms with Gasteiger partial charge in [0.1, 0.15) is 0 Å². The number of amides is 1. The Morgan fingerprint density at radius 1 is 1.17 bits per heavy atom. The van der Waals surface area contributed by atoms with Crippen LogP contribution in [0.3, 0.4) is 0 Å². The Bertz CT molecular complexity index is 850. The van der Waals surface area contributed by atoms with Crippen molar-refractivity contribution in [1.29, 1.82) is 0 Å². The lowest BCUT2D eigenvalue weighted by Crippen LogP contribution is -2.61. The third kappa shape index (κ3) is 3.02. The van der Waals surface area contributed by atoms with Crippen LogP contribution in [0, 0.1) is 17.8 Å². The molecule has 1 aromatic rings. The van der Waals surface area contributed by atoms with E-state index in [1.807, 2.05) is 0 Å². The van der Waals surface area contributed by atoms with E-state index < -0.39 is 11.5 Å². The fraction of sp³-hybridized carbons (Fsp3) is 0.762. The van der Waals surface area contributed by atoms with Crippen LogP contribution in [0.1, 0.15) is 66.9 Å². The summed E-state index contributed by atoms with van der Waals surface area (Å²) in [6.07, 6.45) is 8.09. The van der Waals surface area contributed by atoms with Gasteiger partial charge >= 0.3 is 0 Å². The molecule has 5 aliphatic carbocycles. The summed E-state index contributed by atoms with van der Waals surface area (Å²) >= 11 is 0. The fourth-order valence-corrected chi connectivity index (χ4v) is 6.48. The maximum atomic E-state index is 13.2. The van der Waals surface area contributed by atoms with Gasteiger partial charge in [-0.15, -0.1) is 0 Å². The SMILES string of the molecule is O=C(N[C@H]1C2CC3CC1C[C@@](O)(C3)C2)c1cnc(N2CC(F)(F)C2)nc1C1CC1. The van der Waals surface area contributed by atoms with E-state index in [-0.39, 0.29) is 31.0 Å². The van der Waals surface area contributed by atoms with Gasteiger partial charge in [0.15, 0.2) is 0 Å². The molecule has 0 radical (unpaired) electrons. The van der Waals surface area contributed by atoms with E-state index in [4.69, 9.17) is 0 Å². The Morgan fingerprint density at radius 3 is 2.45 bits per heavy atom. The first-order chi connectivity index (χ1) is 13.8. The molecular formula is C21H26F2N4O2. The van der Waals surface area contributed by atoms with Gasteiger partial charge in [-0.2, -0.15) is 0 Å². The van der Waals surface area contributed by atoms with Crippen molar-refractivity contribution in [2.45, 2.75) is 68.4 Å². The van der Waals surface area contributed by atoms with Gasteiger partial charge in [0.05, 0.1) is 29.9 Å². The number of hydrogen-bond acceptors (Lipinski definition) is 5. The number of hydrogen-bond donors (Lipinski definition) is 2. The molecule has 1 saturated heterocycles. The van der Waals surface area contributed by atoms with Crippen molar-refractivity contribution in [3.63, 3.8) is 0 Å². The van der Waals surface area contributed by atoms with Crippen LogP contribution < -0.4 is 10.2 Å². The molecule has 2 unspecified atom stereocenters. The molecule has 2 N–H and O–H groups in total. The van der Waals surface area contributed by atoms with Crippen molar-refractivity contribution in [3.8, 4) is 0 Å². The molecule has 6 nitrogen and oxygen atoms in total. The molecular weight excluding hydrogens is 378 g/mol. The van der Waals surface area contributed by atoms with Crippen molar-refractivity contribution in [2.75, 3.05) is 18.0 Å². The molecule has 8 heteroatoms. The van der Waals surface area contributed by atoms with Crippen molar-refractivity contribution >= 4 is 11.9 Å². The number of halogens is 2. The summed E-state index contributed by atoms with van der Waals surface area (Å²) in [6.45, 7) is -0.726. The van der Waals surface area contributed by atoms with E-state index in [9.17, 15) is 18.7 Å². The number of anilines is 1. The van der Waals surface area contributed by atoms with Crippen LogP contribution in [0.2, 0.25) is 0 Å². The monoisotopic (exact) mass is 404 g/mol. The number of rotatable bonds is 4. The van der Waals surface area contributed by atoms with Crippen LogP contribution in [0.15, 0.2) is 6.20 Å². The number of aliphatic hydroxyl groups is 1. The summed E-state index contributed by atoms with van der Waals surface area (Å²) in [6, 6.07) is 0.0973. The summed E-state index contributed by atoms with van der Waals surface area (Å²) in [7, 11) is 0. The molecule has 1 aromatic heterocycles. The number of nitrogens with one attached hydrogen (secondary N) is 1. The van der Waals surface area contributed by atoms with E-state index in [2.05, 4.69) is 15.3 Å². The second-order valence-corrected chi connectivity index (χ2v) is 10.1. The Hall–Kier alpha value is -1.83. The Morgan fingerprint density at radius 2 is 1.86 bits per heavy atom. The first-order valence-electron chi connectivity index (χ1n) is 10.8. The average molecular weight is 404 g/mol. The van der Waals surface area contributed by atoms with Crippen molar-refractivity contribution in [1.82, 2.24) is 15.3 Å². The van der Waals surface area contributed by atoms with E-state index in [1.54, 1.807) is 0 Å². The topological polar surface area (TPSA) is 78.3 Å². The molecule has 6 fully saturated rings. The molecule has 29 heavy (non-hydrogen) atoms. The Labute approximate surface area is 168 Å². The third-order valence-electron chi connectivity index (χ3n) is 7.68. The van der Waals surface area contributed by atoms with E-state index in [0.717, 1.165) is 44.9 Å². The van der Waals surface area contributed by atoms with Gasteiger partial charge in [-0.3, -0.25) is 4.79 Å². The zero-order valence-corrected chi connectivity index (χ0v) is 16.3. The highest BCUT2D eigenvalue weighted by atomic mass is 19.3.